The van der Waals surface area contributed by atoms with Gasteiger partial charge in [-0.05, 0) is 42.9 Å². The lowest BCUT2D eigenvalue weighted by Crippen LogP contribution is -2.13. The van der Waals surface area contributed by atoms with E-state index in [1.54, 1.807) is 14.2 Å². The molecule has 21 heavy (non-hydrogen) atoms. The summed E-state index contributed by atoms with van der Waals surface area (Å²) in [7, 11) is 5.18. The molecule has 112 valence electrons. The van der Waals surface area contributed by atoms with Crippen LogP contribution in [0.4, 0.5) is 5.88 Å². The Bertz CT molecular complexity index is 623. The topological polar surface area (TPSA) is 56.5 Å². The Kier molecular flexibility index (Phi) is 3.73. The normalized spacial score (nSPS) is 17.2. The minimum Gasteiger partial charge on any atom is -0.493 e. The molecule has 0 fully saturated rings. The number of aryl methyl sites for hydroxylation is 1. The molecule has 1 aliphatic carbocycles. The zero-order valence-corrected chi connectivity index (χ0v) is 12.6. The second kappa shape index (κ2) is 5.68. The van der Waals surface area contributed by atoms with Crippen LogP contribution in [-0.2, 0) is 12.8 Å². The van der Waals surface area contributed by atoms with Crippen LogP contribution in [0.15, 0.2) is 22.7 Å². The van der Waals surface area contributed by atoms with Crippen LogP contribution in [0.1, 0.15) is 29.2 Å². The molecule has 0 saturated heterocycles. The molecule has 1 unspecified atom stereocenters. The highest BCUT2D eigenvalue weighted by atomic mass is 16.5. The average molecular weight is 288 g/mol. The molecule has 0 radical (unpaired) electrons. The van der Waals surface area contributed by atoms with Crippen LogP contribution in [0.2, 0.25) is 0 Å². The summed E-state index contributed by atoms with van der Waals surface area (Å²) in [5, 5.41) is 7.21. The van der Waals surface area contributed by atoms with Gasteiger partial charge in [0.05, 0.1) is 19.9 Å². The zero-order valence-electron chi connectivity index (χ0n) is 12.6. The van der Waals surface area contributed by atoms with Crippen LogP contribution in [0.25, 0.3) is 0 Å². The molecule has 0 spiro atoms. The molecular weight excluding hydrogens is 268 g/mol. The number of hydrogen-bond acceptors (Lipinski definition) is 5. The molecule has 1 atom stereocenters. The van der Waals surface area contributed by atoms with E-state index in [9.17, 15) is 0 Å². The molecule has 5 nitrogen and oxygen atoms in total. The van der Waals surface area contributed by atoms with Gasteiger partial charge >= 0.3 is 0 Å². The zero-order chi connectivity index (χ0) is 14.8. The lowest BCUT2D eigenvalue weighted by atomic mass is 9.82. The summed E-state index contributed by atoms with van der Waals surface area (Å²) in [6, 6.07) is 6.15. The largest absolute Gasteiger partial charge is 0.493 e. The summed E-state index contributed by atoms with van der Waals surface area (Å²) in [6.45, 7) is 0. The number of nitrogens with zero attached hydrogens (tertiary/aromatic N) is 1. The van der Waals surface area contributed by atoms with Gasteiger partial charge in [0.15, 0.2) is 11.5 Å². The van der Waals surface area contributed by atoms with Crippen LogP contribution in [0, 0.1) is 0 Å². The lowest BCUT2D eigenvalue weighted by molar-refractivity contribution is 0.354. The van der Waals surface area contributed by atoms with E-state index in [1.807, 2.05) is 13.1 Å². The second-order valence-electron chi connectivity index (χ2n) is 5.24. The average Bonchev–Trinajstić information content (AvgIpc) is 2.96. The lowest BCUT2D eigenvalue weighted by Gasteiger charge is -2.22. The molecule has 0 aliphatic heterocycles. The summed E-state index contributed by atoms with van der Waals surface area (Å²) in [5.41, 5.74) is 3.54. The van der Waals surface area contributed by atoms with Gasteiger partial charge < -0.3 is 19.3 Å². The predicted molar refractivity (Wildman–Crippen MR) is 80.4 cm³/mol. The number of aromatic nitrogens is 1. The molecule has 0 bridgehead atoms. The Morgan fingerprint density at radius 2 is 2.05 bits per heavy atom. The number of ether oxygens (including phenoxy) is 2. The van der Waals surface area contributed by atoms with E-state index < -0.39 is 0 Å². The summed E-state index contributed by atoms with van der Waals surface area (Å²) in [4.78, 5) is 0. The summed E-state index contributed by atoms with van der Waals surface area (Å²) in [6.07, 6.45) is 2.95. The Morgan fingerprint density at radius 1 is 1.24 bits per heavy atom. The first kappa shape index (κ1) is 13.8. The number of methoxy groups -OCH3 is 2. The number of rotatable bonds is 4. The van der Waals surface area contributed by atoms with E-state index in [4.69, 9.17) is 14.0 Å². The number of hydrogen-bond donors (Lipinski definition) is 1. The van der Waals surface area contributed by atoms with Crippen molar-refractivity contribution in [3.8, 4) is 11.5 Å². The second-order valence-corrected chi connectivity index (χ2v) is 5.24. The van der Waals surface area contributed by atoms with Crippen molar-refractivity contribution < 1.29 is 14.0 Å². The maximum Gasteiger partial charge on any atom is 0.227 e. The Morgan fingerprint density at radius 3 is 2.76 bits per heavy atom. The highest BCUT2D eigenvalue weighted by Gasteiger charge is 2.26. The number of anilines is 1. The van der Waals surface area contributed by atoms with Crippen molar-refractivity contribution >= 4 is 5.88 Å². The SMILES string of the molecule is CNc1onc2c1CC(c1ccc(OC)c(OC)c1)CC2. The molecule has 0 amide bonds. The predicted octanol–water partition coefficient (Wildman–Crippen LogP) is 3.01. The maximum absolute atomic E-state index is 5.40. The van der Waals surface area contributed by atoms with Gasteiger partial charge in [0.25, 0.3) is 0 Å². The Balaban J connectivity index is 1.88. The van der Waals surface area contributed by atoms with Gasteiger partial charge in [-0.3, -0.25) is 0 Å². The van der Waals surface area contributed by atoms with Crippen molar-refractivity contribution in [2.24, 2.45) is 0 Å². The van der Waals surface area contributed by atoms with Crippen molar-refractivity contribution in [2.75, 3.05) is 26.6 Å². The van der Waals surface area contributed by atoms with Gasteiger partial charge in [-0.2, -0.15) is 0 Å². The number of fused-ring (bicyclic) bond motifs is 1. The van der Waals surface area contributed by atoms with E-state index in [-0.39, 0.29) is 0 Å². The molecule has 1 aliphatic rings. The number of nitrogens with one attached hydrogen (secondary N) is 1. The Hall–Kier alpha value is -2.17. The fraction of sp³-hybridized carbons (Fsp3) is 0.438. The van der Waals surface area contributed by atoms with Gasteiger partial charge in [0.2, 0.25) is 5.88 Å². The molecule has 1 N–H and O–H groups in total. The maximum atomic E-state index is 5.40. The van der Waals surface area contributed by atoms with Gasteiger partial charge in [-0.15, -0.1) is 0 Å². The van der Waals surface area contributed by atoms with Crippen molar-refractivity contribution in [2.45, 2.75) is 25.2 Å². The van der Waals surface area contributed by atoms with Gasteiger partial charge in [0, 0.05) is 12.6 Å². The molecule has 0 saturated carbocycles. The number of benzene rings is 1. The smallest absolute Gasteiger partial charge is 0.227 e. The van der Waals surface area contributed by atoms with Crippen molar-refractivity contribution in [3.63, 3.8) is 0 Å². The molecular formula is C16H20N2O3. The third kappa shape index (κ3) is 2.44. The third-order valence-electron chi connectivity index (χ3n) is 4.16. The van der Waals surface area contributed by atoms with Gasteiger partial charge in [0.1, 0.15) is 0 Å². The van der Waals surface area contributed by atoms with Crippen LogP contribution < -0.4 is 14.8 Å². The molecule has 1 aromatic carbocycles. The van der Waals surface area contributed by atoms with Crippen molar-refractivity contribution in [1.29, 1.82) is 0 Å². The highest BCUT2D eigenvalue weighted by molar-refractivity contribution is 5.48. The van der Waals surface area contributed by atoms with E-state index >= 15 is 0 Å². The minimum atomic E-state index is 0.448. The summed E-state index contributed by atoms with van der Waals surface area (Å²) < 4.78 is 16.0. The molecule has 2 aromatic rings. The minimum absolute atomic E-state index is 0.448. The fourth-order valence-corrected chi connectivity index (χ4v) is 3.00. The fourth-order valence-electron chi connectivity index (χ4n) is 3.00. The van der Waals surface area contributed by atoms with Gasteiger partial charge in [-0.25, -0.2) is 0 Å². The quantitative estimate of drug-likeness (QED) is 0.937. The van der Waals surface area contributed by atoms with Crippen LogP contribution in [0.3, 0.4) is 0 Å². The Labute approximate surface area is 124 Å². The van der Waals surface area contributed by atoms with E-state index in [1.165, 1.54) is 11.1 Å². The highest BCUT2D eigenvalue weighted by Crippen LogP contribution is 2.38. The summed E-state index contributed by atoms with van der Waals surface area (Å²) in [5.74, 6) is 2.78. The van der Waals surface area contributed by atoms with E-state index in [2.05, 4.69) is 22.6 Å². The van der Waals surface area contributed by atoms with Crippen molar-refractivity contribution in [1.82, 2.24) is 5.16 Å². The monoisotopic (exact) mass is 288 g/mol. The van der Waals surface area contributed by atoms with Crippen LogP contribution >= 0.6 is 0 Å². The first-order valence-corrected chi connectivity index (χ1v) is 7.14. The van der Waals surface area contributed by atoms with Crippen LogP contribution in [0.5, 0.6) is 11.5 Å². The molecule has 1 heterocycles. The molecule has 3 rings (SSSR count). The molecule has 1 aromatic heterocycles. The van der Waals surface area contributed by atoms with Crippen LogP contribution in [-0.4, -0.2) is 26.4 Å². The van der Waals surface area contributed by atoms with E-state index in [0.717, 1.165) is 42.3 Å². The standard InChI is InChI=1S/C16H20N2O3/c1-17-16-12-8-10(4-6-13(12)18-21-16)11-5-7-14(19-2)15(9-11)20-3/h5,7,9-10,17H,4,6,8H2,1-3H3. The third-order valence-corrected chi connectivity index (χ3v) is 4.16. The summed E-state index contributed by atoms with van der Waals surface area (Å²) >= 11 is 0. The first-order chi connectivity index (χ1) is 10.3. The van der Waals surface area contributed by atoms with Gasteiger partial charge in [-0.1, -0.05) is 11.2 Å². The van der Waals surface area contributed by atoms with E-state index in [0.29, 0.717) is 5.92 Å². The van der Waals surface area contributed by atoms with Crippen molar-refractivity contribution in [3.05, 3.63) is 35.0 Å². The first-order valence-electron chi connectivity index (χ1n) is 7.14. The molecule has 5 heteroatoms.